The van der Waals surface area contributed by atoms with Gasteiger partial charge in [-0.3, -0.25) is 4.18 Å². The molecule has 0 spiro atoms. The van der Waals surface area contributed by atoms with E-state index in [0.717, 1.165) is 5.56 Å². The van der Waals surface area contributed by atoms with Gasteiger partial charge in [-0.25, -0.2) is 0 Å². The van der Waals surface area contributed by atoms with E-state index in [1.165, 1.54) is 7.11 Å². The Hall–Kier alpha value is -0.870. The van der Waals surface area contributed by atoms with Gasteiger partial charge in [0.15, 0.2) is 0 Å². The molecule has 1 rings (SSSR count). The minimum absolute atomic E-state index is 0.612. The Bertz CT molecular complexity index is 356. The van der Waals surface area contributed by atoms with Crippen LogP contribution >= 0.6 is 0 Å². The van der Waals surface area contributed by atoms with Crippen LogP contribution in [0.3, 0.4) is 0 Å². The van der Waals surface area contributed by atoms with E-state index in [1.807, 2.05) is 6.07 Å². The van der Waals surface area contributed by atoms with Crippen LogP contribution in [0.25, 0.3) is 0 Å². The molecular weight excluding hydrogens is 188 g/mol. The SMILES string of the molecule is COS(=O)(=O)C(C)c1ccccc1. The number of benzene rings is 1. The Morgan fingerprint density at radius 3 is 2.23 bits per heavy atom. The lowest BCUT2D eigenvalue weighted by atomic mass is 10.2. The van der Waals surface area contributed by atoms with E-state index in [0.29, 0.717) is 0 Å². The van der Waals surface area contributed by atoms with Gasteiger partial charge in [-0.05, 0) is 12.5 Å². The van der Waals surface area contributed by atoms with E-state index in [1.54, 1.807) is 31.2 Å². The molecule has 0 bridgehead atoms. The Labute approximate surface area is 78.5 Å². The third kappa shape index (κ3) is 2.29. The van der Waals surface area contributed by atoms with Crippen LogP contribution in [0.2, 0.25) is 0 Å². The van der Waals surface area contributed by atoms with Gasteiger partial charge in [0.05, 0.1) is 7.11 Å². The zero-order valence-electron chi connectivity index (χ0n) is 7.60. The van der Waals surface area contributed by atoms with Crippen molar-refractivity contribution in [2.45, 2.75) is 12.2 Å². The van der Waals surface area contributed by atoms with E-state index >= 15 is 0 Å². The van der Waals surface area contributed by atoms with Crippen LogP contribution in [0.4, 0.5) is 0 Å². The predicted octanol–water partition coefficient (Wildman–Crippen LogP) is 1.72. The van der Waals surface area contributed by atoms with Crippen LogP contribution in [-0.4, -0.2) is 15.5 Å². The molecule has 4 heteroatoms. The summed E-state index contributed by atoms with van der Waals surface area (Å²) in [7, 11) is -2.28. The second kappa shape index (κ2) is 3.89. The lowest BCUT2D eigenvalue weighted by Gasteiger charge is -2.10. The van der Waals surface area contributed by atoms with E-state index in [2.05, 4.69) is 4.18 Å². The van der Waals surface area contributed by atoms with Gasteiger partial charge in [-0.2, -0.15) is 8.42 Å². The summed E-state index contributed by atoms with van der Waals surface area (Å²) in [6, 6.07) is 8.98. The molecule has 0 aliphatic rings. The molecule has 72 valence electrons. The van der Waals surface area contributed by atoms with Crippen LogP contribution in [0, 0.1) is 0 Å². The third-order valence-electron chi connectivity index (χ3n) is 1.93. The molecule has 0 N–H and O–H groups in total. The summed E-state index contributed by atoms with van der Waals surface area (Å²) in [6.45, 7) is 1.61. The highest BCUT2D eigenvalue weighted by Crippen LogP contribution is 2.21. The fourth-order valence-corrected chi connectivity index (χ4v) is 1.81. The second-order valence-electron chi connectivity index (χ2n) is 2.71. The Morgan fingerprint density at radius 1 is 1.23 bits per heavy atom. The Kier molecular flexibility index (Phi) is 3.06. The lowest BCUT2D eigenvalue weighted by Crippen LogP contribution is -2.11. The molecule has 1 aromatic rings. The number of hydrogen-bond donors (Lipinski definition) is 0. The van der Waals surface area contributed by atoms with Crippen molar-refractivity contribution in [3.63, 3.8) is 0 Å². The minimum atomic E-state index is -3.45. The molecule has 0 amide bonds. The van der Waals surface area contributed by atoms with Gasteiger partial charge in [0.1, 0.15) is 5.25 Å². The summed E-state index contributed by atoms with van der Waals surface area (Å²) in [6.07, 6.45) is 0. The topological polar surface area (TPSA) is 43.4 Å². The minimum Gasteiger partial charge on any atom is -0.273 e. The molecule has 13 heavy (non-hydrogen) atoms. The molecule has 0 aliphatic heterocycles. The van der Waals surface area contributed by atoms with Gasteiger partial charge in [0, 0.05) is 0 Å². The predicted molar refractivity (Wildman–Crippen MR) is 50.8 cm³/mol. The molecule has 0 fully saturated rings. The quantitative estimate of drug-likeness (QED) is 0.698. The average Bonchev–Trinajstić information content (AvgIpc) is 2.18. The molecule has 1 aromatic carbocycles. The van der Waals surface area contributed by atoms with Crippen molar-refractivity contribution in [2.75, 3.05) is 7.11 Å². The fraction of sp³-hybridized carbons (Fsp3) is 0.333. The third-order valence-corrected chi connectivity index (χ3v) is 3.54. The largest absolute Gasteiger partial charge is 0.273 e. The summed E-state index contributed by atoms with van der Waals surface area (Å²) in [5.74, 6) is 0. The van der Waals surface area contributed by atoms with Gasteiger partial charge in [-0.1, -0.05) is 30.3 Å². The van der Waals surface area contributed by atoms with Crippen molar-refractivity contribution in [3.05, 3.63) is 35.9 Å². The Balaban J connectivity index is 2.99. The van der Waals surface area contributed by atoms with E-state index in [4.69, 9.17) is 0 Å². The normalized spacial score (nSPS) is 14.0. The summed E-state index contributed by atoms with van der Waals surface area (Å²) in [5, 5.41) is -0.612. The van der Waals surface area contributed by atoms with Crippen molar-refractivity contribution in [1.82, 2.24) is 0 Å². The first-order valence-electron chi connectivity index (χ1n) is 3.92. The molecule has 0 aliphatic carbocycles. The molecule has 0 heterocycles. The maximum absolute atomic E-state index is 11.3. The highest BCUT2D eigenvalue weighted by Gasteiger charge is 2.21. The van der Waals surface area contributed by atoms with Crippen molar-refractivity contribution < 1.29 is 12.6 Å². The van der Waals surface area contributed by atoms with Gasteiger partial charge in [0.2, 0.25) is 0 Å². The number of hydrogen-bond acceptors (Lipinski definition) is 3. The first-order valence-corrected chi connectivity index (χ1v) is 5.39. The monoisotopic (exact) mass is 200 g/mol. The van der Waals surface area contributed by atoms with Crippen molar-refractivity contribution in [2.24, 2.45) is 0 Å². The summed E-state index contributed by atoms with van der Waals surface area (Å²) in [4.78, 5) is 0. The smallest absolute Gasteiger partial charge is 0.273 e. The lowest BCUT2D eigenvalue weighted by molar-refractivity contribution is 0.390. The Morgan fingerprint density at radius 2 is 1.77 bits per heavy atom. The van der Waals surface area contributed by atoms with Gasteiger partial charge >= 0.3 is 0 Å². The van der Waals surface area contributed by atoms with Gasteiger partial charge in [0.25, 0.3) is 10.1 Å². The van der Waals surface area contributed by atoms with Gasteiger partial charge in [-0.15, -0.1) is 0 Å². The zero-order valence-corrected chi connectivity index (χ0v) is 8.41. The average molecular weight is 200 g/mol. The highest BCUT2D eigenvalue weighted by atomic mass is 32.2. The van der Waals surface area contributed by atoms with E-state index in [9.17, 15) is 8.42 Å². The van der Waals surface area contributed by atoms with Crippen molar-refractivity contribution in [3.8, 4) is 0 Å². The fourth-order valence-electron chi connectivity index (χ4n) is 1.04. The van der Waals surface area contributed by atoms with Crippen LogP contribution in [0.1, 0.15) is 17.7 Å². The van der Waals surface area contributed by atoms with Crippen LogP contribution in [0.5, 0.6) is 0 Å². The molecule has 1 unspecified atom stereocenters. The zero-order chi connectivity index (χ0) is 9.90. The molecular formula is C9H12O3S. The van der Waals surface area contributed by atoms with Crippen LogP contribution in [-0.2, 0) is 14.3 Å². The highest BCUT2D eigenvalue weighted by molar-refractivity contribution is 7.86. The molecule has 0 radical (unpaired) electrons. The molecule has 0 saturated carbocycles. The van der Waals surface area contributed by atoms with Gasteiger partial charge < -0.3 is 0 Å². The molecule has 0 saturated heterocycles. The van der Waals surface area contributed by atoms with Crippen LogP contribution < -0.4 is 0 Å². The summed E-state index contributed by atoms with van der Waals surface area (Å²) in [5.41, 5.74) is 0.740. The molecule has 3 nitrogen and oxygen atoms in total. The maximum Gasteiger partial charge on any atom is 0.273 e. The first kappa shape index (κ1) is 10.2. The standard InChI is InChI=1S/C9H12O3S/c1-8(13(10,11)12-2)9-6-4-3-5-7-9/h3-8H,1-2H3. The first-order chi connectivity index (χ1) is 6.08. The summed E-state index contributed by atoms with van der Waals surface area (Å²) >= 11 is 0. The van der Waals surface area contributed by atoms with E-state index in [-0.39, 0.29) is 0 Å². The van der Waals surface area contributed by atoms with Crippen molar-refractivity contribution >= 4 is 10.1 Å². The van der Waals surface area contributed by atoms with Crippen molar-refractivity contribution in [1.29, 1.82) is 0 Å². The van der Waals surface area contributed by atoms with E-state index < -0.39 is 15.4 Å². The number of rotatable bonds is 3. The summed E-state index contributed by atoms with van der Waals surface area (Å²) < 4.78 is 27.0. The molecule has 0 aromatic heterocycles. The maximum atomic E-state index is 11.3. The second-order valence-corrected chi connectivity index (χ2v) is 4.74. The molecule has 1 atom stereocenters. The van der Waals surface area contributed by atoms with Crippen LogP contribution in [0.15, 0.2) is 30.3 Å².